The molecule has 0 radical (unpaired) electrons. The van der Waals surface area contributed by atoms with E-state index in [2.05, 4.69) is 22.3 Å². The van der Waals surface area contributed by atoms with Crippen LogP contribution in [0.25, 0.3) is 0 Å². The van der Waals surface area contributed by atoms with Crippen molar-refractivity contribution in [1.82, 2.24) is 20.1 Å². The molecule has 4 nitrogen and oxygen atoms in total. The summed E-state index contributed by atoms with van der Waals surface area (Å²) in [5.41, 5.74) is 1.21. The van der Waals surface area contributed by atoms with Gasteiger partial charge in [-0.15, -0.1) is 0 Å². The number of benzene rings is 1. The van der Waals surface area contributed by atoms with E-state index in [1.165, 1.54) is 5.56 Å². The largest absolute Gasteiger partial charge is 0.303 e. The SMILES string of the molecule is C[C@H](NCc1ncnn1C)c1ccc(Cl)cc1. The highest BCUT2D eigenvalue weighted by molar-refractivity contribution is 6.30. The van der Waals surface area contributed by atoms with Gasteiger partial charge in [0, 0.05) is 18.1 Å². The van der Waals surface area contributed by atoms with Crippen LogP contribution in [0.4, 0.5) is 0 Å². The number of rotatable bonds is 4. The van der Waals surface area contributed by atoms with Crippen molar-refractivity contribution in [2.24, 2.45) is 7.05 Å². The highest BCUT2D eigenvalue weighted by Crippen LogP contribution is 2.16. The summed E-state index contributed by atoms with van der Waals surface area (Å²) in [4.78, 5) is 4.16. The van der Waals surface area contributed by atoms with Gasteiger partial charge in [-0.05, 0) is 24.6 Å². The lowest BCUT2D eigenvalue weighted by molar-refractivity contribution is 0.540. The first kappa shape index (κ1) is 12.1. The molecule has 0 aliphatic rings. The van der Waals surface area contributed by atoms with E-state index < -0.39 is 0 Å². The molecule has 17 heavy (non-hydrogen) atoms. The van der Waals surface area contributed by atoms with E-state index in [1.54, 1.807) is 11.0 Å². The number of nitrogens with zero attached hydrogens (tertiary/aromatic N) is 3. The van der Waals surface area contributed by atoms with E-state index in [4.69, 9.17) is 11.6 Å². The summed E-state index contributed by atoms with van der Waals surface area (Å²) in [6, 6.07) is 8.10. The standard InChI is InChI=1S/C12H15ClN4/c1-9(10-3-5-11(13)6-4-10)14-7-12-15-8-16-17(12)2/h3-6,8-9,14H,7H2,1-2H3/t9-/m0/s1. The molecule has 0 fully saturated rings. The van der Waals surface area contributed by atoms with Crippen molar-refractivity contribution in [3.05, 3.63) is 47.0 Å². The van der Waals surface area contributed by atoms with Crippen molar-refractivity contribution >= 4 is 11.6 Å². The lowest BCUT2D eigenvalue weighted by Gasteiger charge is -2.13. The van der Waals surface area contributed by atoms with Gasteiger partial charge in [0.05, 0.1) is 6.54 Å². The molecule has 1 heterocycles. The molecule has 0 aliphatic heterocycles. The molecule has 90 valence electrons. The summed E-state index contributed by atoms with van der Waals surface area (Å²) in [5, 5.41) is 8.18. The average molecular weight is 251 g/mol. The Morgan fingerprint density at radius 2 is 2.06 bits per heavy atom. The van der Waals surface area contributed by atoms with Gasteiger partial charge in [-0.3, -0.25) is 4.68 Å². The molecular formula is C12H15ClN4. The van der Waals surface area contributed by atoms with Gasteiger partial charge in [0.1, 0.15) is 12.2 Å². The average Bonchev–Trinajstić information content (AvgIpc) is 2.73. The first-order chi connectivity index (χ1) is 8.16. The number of halogens is 1. The van der Waals surface area contributed by atoms with E-state index in [9.17, 15) is 0 Å². The Morgan fingerprint density at radius 3 is 2.65 bits per heavy atom. The van der Waals surface area contributed by atoms with E-state index >= 15 is 0 Å². The first-order valence-corrected chi connectivity index (χ1v) is 5.86. The van der Waals surface area contributed by atoms with Gasteiger partial charge in [-0.25, -0.2) is 4.98 Å². The molecule has 0 bridgehead atoms. The summed E-state index contributed by atoms with van der Waals surface area (Å²) < 4.78 is 1.77. The van der Waals surface area contributed by atoms with Crippen LogP contribution in [0.15, 0.2) is 30.6 Å². The summed E-state index contributed by atoms with van der Waals surface area (Å²) >= 11 is 5.85. The number of aryl methyl sites for hydroxylation is 1. The van der Waals surface area contributed by atoms with E-state index in [1.807, 2.05) is 31.3 Å². The molecule has 1 atom stereocenters. The number of aromatic nitrogens is 3. The second-order valence-electron chi connectivity index (χ2n) is 3.95. The fraction of sp³-hybridized carbons (Fsp3) is 0.333. The van der Waals surface area contributed by atoms with Crippen LogP contribution in [0, 0.1) is 0 Å². The predicted octanol–water partition coefficient (Wildman–Crippen LogP) is 2.32. The van der Waals surface area contributed by atoms with Gasteiger partial charge in [0.25, 0.3) is 0 Å². The Morgan fingerprint density at radius 1 is 1.35 bits per heavy atom. The maximum atomic E-state index is 5.85. The number of hydrogen-bond acceptors (Lipinski definition) is 3. The normalized spacial score (nSPS) is 12.6. The summed E-state index contributed by atoms with van der Waals surface area (Å²) in [7, 11) is 1.89. The van der Waals surface area contributed by atoms with Crippen LogP contribution in [0.2, 0.25) is 5.02 Å². The van der Waals surface area contributed by atoms with Crippen molar-refractivity contribution in [3.8, 4) is 0 Å². The van der Waals surface area contributed by atoms with Crippen LogP contribution in [0.3, 0.4) is 0 Å². The monoisotopic (exact) mass is 250 g/mol. The van der Waals surface area contributed by atoms with Crippen LogP contribution >= 0.6 is 11.6 Å². The van der Waals surface area contributed by atoms with Gasteiger partial charge in [0.15, 0.2) is 0 Å². The second-order valence-corrected chi connectivity index (χ2v) is 4.39. The molecule has 5 heteroatoms. The Bertz CT molecular complexity index is 478. The molecule has 2 rings (SSSR count). The van der Waals surface area contributed by atoms with Gasteiger partial charge >= 0.3 is 0 Å². The zero-order chi connectivity index (χ0) is 12.3. The van der Waals surface area contributed by atoms with Crippen molar-refractivity contribution < 1.29 is 0 Å². The summed E-state index contributed by atoms with van der Waals surface area (Å²) in [5.74, 6) is 0.922. The van der Waals surface area contributed by atoms with Crippen molar-refractivity contribution in [1.29, 1.82) is 0 Å². The van der Waals surface area contributed by atoms with E-state index in [0.717, 1.165) is 10.8 Å². The van der Waals surface area contributed by atoms with Gasteiger partial charge in [-0.2, -0.15) is 5.10 Å². The fourth-order valence-electron chi connectivity index (χ4n) is 1.59. The van der Waals surface area contributed by atoms with Crippen LogP contribution in [0.5, 0.6) is 0 Å². The molecule has 0 saturated carbocycles. The third kappa shape index (κ3) is 3.05. The zero-order valence-electron chi connectivity index (χ0n) is 9.89. The minimum atomic E-state index is 0.254. The van der Waals surface area contributed by atoms with Crippen molar-refractivity contribution in [3.63, 3.8) is 0 Å². The zero-order valence-corrected chi connectivity index (χ0v) is 10.6. The van der Waals surface area contributed by atoms with E-state index in [0.29, 0.717) is 6.54 Å². The minimum absolute atomic E-state index is 0.254. The molecule has 1 aromatic heterocycles. The van der Waals surface area contributed by atoms with Crippen LogP contribution in [0.1, 0.15) is 24.4 Å². The molecule has 2 aromatic rings. The molecule has 1 aromatic carbocycles. The maximum Gasteiger partial charge on any atom is 0.140 e. The number of nitrogens with one attached hydrogen (secondary N) is 1. The highest BCUT2D eigenvalue weighted by Gasteiger charge is 2.06. The second kappa shape index (κ2) is 5.29. The summed E-state index contributed by atoms with van der Waals surface area (Å²) in [6.07, 6.45) is 1.56. The Balaban J connectivity index is 1.95. The molecule has 0 saturated heterocycles. The van der Waals surface area contributed by atoms with Crippen LogP contribution in [-0.2, 0) is 13.6 Å². The quantitative estimate of drug-likeness (QED) is 0.906. The molecule has 0 spiro atoms. The summed E-state index contributed by atoms with van der Waals surface area (Å²) in [6.45, 7) is 2.81. The molecule has 0 aliphatic carbocycles. The van der Waals surface area contributed by atoms with Gasteiger partial charge in [0.2, 0.25) is 0 Å². The smallest absolute Gasteiger partial charge is 0.140 e. The van der Waals surface area contributed by atoms with Gasteiger partial charge in [-0.1, -0.05) is 23.7 Å². The third-order valence-corrected chi connectivity index (χ3v) is 2.99. The third-order valence-electron chi connectivity index (χ3n) is 2.74. The topological polar surface area (TPSA) is 42.7 Å². The fourth-order valence-corrected chi connectivity index (χ4v) is 1.72. The Labute approximate surface area is 106 Å². The lowest BCUT2D eigenvalue weighted by atomic mass is 10.1. The van der Waals surface area contributed by atoms with Crippen LogP contribution in [-0.4, -0.2) is 14.8 Å². The Kier molecular flexibility index (Phi) is 3.76. The minimum Gasteiger partial charge on any atom is -0.303 e. The molecular weight excluding hydrogens is 236 g/mol. The molecule has 0 amide bonds. The highest BCUT2D eigenvalue weighted by atomic mass is 35.5. The van der Waals surface area contributed by atoms with Crippen LogP contribution < -0.4 is 5.32 Å². The lowest BCUT2D eigenvalue weighted by Crippen LogP contribution is -2.20. The van der Waals surface area contributed by atoms with Crippen molar-refractivity contribution in [2.45, 2.75) is 19.5 Å². The molecule has 1 N–H and O–H groups in total. The molecule has 0 unspecified atom stereocenters. The first-order valence-electron chi connectivity index (χ1n) is 5.48. The Hall–Kier alpha value is -1.39. The van der Waals surface area contributed by atoms with Gasteiger partial charge < -0.3 is 5.32 Å². The van der Waals surface area contributed by atoms with Crippen molar-refractivity contribution in [2.75, 3.05) is 0 Å². The maximum absolute atomic E-state index is 5.85. The van der Waals surface area contributed by atoms with E-state index in [-0.39, 0.29) is 6.04 Å². The predicted molar refractivity (Wildman–Crippen MR) is 67.7 cm³/mol. The number of hydrogen-bond donors (Lipinski definition) is 1.